The largest absolute Gasteiger partial charge is 0.497 e. The van der Waals surface area contributed by atoms with Crippen molar-refractivity contribution in [1.82, 2.24) is 5.32 Å². The summed E-state index contributed by atoms with van der Waals surface area (Å²) in [7, 11) is -2.01. The lowest BCUT2D eigenvalue weighted by atomic mass is 9.97. The van der Waals surface area contributed by atoms with Gasteiger partial charge in [0.2, 0.25) is 0 Å². The molecule has 2 aromatic carbocycles. The molecule has 35 heavy (non-hydrogen) atoms. The number of esters is 1. The van der Waals surface area contributed by atoms with Crippen molar-refractivity contribution in [3.63, 3.8) is 0 Å². The van der Waals surface area contributed by atoms with Gasteiger partial charge in [0.25, 0.3) is 0 Å². The van der Waals surface area contributed by atoms with Crippen molar-refractivity contribution < 1.29 is 27.4 Å². The molecule has 2 aromatic rings. The van der Waals surface area contributed by atoms with Gasteiger partial charge in [0.15, 0.2) is 9.84 Å². The summed E-state index contributed by atoms with van der Waals surface area (Å²) in [6.45, 7) is 3.75. The number of rotatable bonds is 13. The molecule has 2 atom stereocenters. The van der Waals surface area contributed by atoms with E-state index in [0.29, 0.717) is 24.8 Å². The second kappa shape index (κ2) is 13.5. The van der Waals surface area contributed by atoms with E-state index in [9.17, 15) is 13.2 Å². The highest BCUT2D eigenvalue weighted by Gasteiger charge is 2.24. The van der Waals surface area contributed by atoms with Crippen LogP contribution < -0.4 is 14.8 Å². The second-order valence-electron chi connectivity index (χ2n) is 8.86. The molecule has 0 amide bonds. The first-order chi connectivity index (χ1) is 16.9. The molecular weight excluding hydrogens is 466 g/mol. The molecular formula is C27H37NO6S. The molecule has 1 N–H and O–H groups in total. The van der Waals surface area contributed by atoms with E-state index in [-0.39, 0.29) is 29.6 Å². The quantitative estimate of drug-likeness (QED) is 0.410. The minimum absolute atomic E-state index is 0.140. The van der Waals surface area contributed by atoms with Crippen LogP contribution in [-0.2, 0) is 25.8 Å². The molecule has 1 fully saturated rings. The topological polar surface area (TPSA) is 90.9 Å². The highest BCUT2D eigenvalue weighted by atomic mass is 32.2. The third-order valence-corrected chi connectivity index (χ3v) is 8.09. The van der Waals surface area contributed by atoms with E-state index < -0.39 is 15.8 Å². The molecule has 0 spiro atoms. The minimum atomic E-state index is -3.54. The van der Waals surface area contributed by atoms with E-state index in [1.807, 2.05) is 24.3 Å². The number of methoxy groups -OCH3 is 1. The Kier molecular flexibility index (Phi) is 10.4. The smallest absolute Gasteiger partial charge is 0.309 e. The maximum absolute atomic E-state index is 12.8. The summed E-state index contributed by atoms with van der Waals surface area (Å²) < 4.78 is 41.8. The van der Waals surface area contributed by atoms with Crippen LogP contribution in [0.2, 0.25) is 0 Å². The van der Waals surface area contributed by atoms with Crippen LogP contribution >= 0.6 is 0 Å². The summed E-state index contributed by atoms with van der Waals surface area (Å²) >= 11 is 0. The molecule has 0 aromatic heterocycles. The van der Waals surface area contributed by atoms with Gasteiger partial charge in [-0.2, -0.15) is 0 Å². The predicted molar refractivity (Wildman–Crippen MR) is 136 cm³/mol. The monoisotopic (exact) mass is 503 g/mol. The molecule has 0 radical (unpaired) electrons. The van der Waals surface area contributed by atoms with Gasteiger partial charge in [-0.3, -0.25) is 4.79 Å². The van der Waals surface area contributed by atoms with Gasteiger partial charge in [-0.25, -0.2) is 8.42 Å². The van der Waals surface area contributed by atoms with Crippen molar-refractivity contribution in [3.8, 4) is 11.5 Å². The van der Waals surface area contributed by atoms with Crippen LogP contribution in [0.15, 0.2) is 53.4 Å². The summed E-state index contributed by atoms with van der Waals surface area (Å²) in [6.07, 6.45) is 5.29. The molecule has 1 aliphatic heterocycles. The fourth-order valence-corrected chi connectivity index (χ4v) is 5.64. The molecule has 0 aliphatic carbocycles. The van der Waals surface area contributed by atoms with E-state index >= 15 is 0 Å². The Morgan fingerprint density at radius 1 is 1.06 bits per heavy atom. The molecule has 3 rings (SSSR count). The number of carbonyl (C=O) groups is 1. The van der Waals surface area contributed by atoms with E-state index in [4.69, 9.17) is 14.2 Å². The number of sulfone groups is 1. The lowest BCUT2D eigenvalue weighted by molar-refractivity contribution is -0.148. The Morgan fingerprint density at radius 2 is 1.77 bits per heavy atom. The number of hydrogen-bond donors (Lipinski definition) is 1. The van der Waals surface area contributed by atoms with Gasteiger partial charge in [-0.15, -0.1) is 0 Å². The molecule has 192 valence electrons. The van der Waals surface area contributed by atoms with Crippen molar-refractivity contribution in [3.05, 3.63) is 54.1 Å². The Balaban J connectivity index is 1.56. The zero-order valence-corrected chi connectivity index (χ0v) is 21.5. The van der Waals surface area contributed by atoms with Crippen LogP contribution in [0.4, 0.5) is 0 Å². The maximum atomic E-state index is 12.8. The number of carbonyl (C=O) groups excluding carboxylic acids is 1. The fraction of sp³-hybridized carbons (Fsp3) is 0.519. The van der Waals surface area contributed by atoms with Crippen molar-refractivity contribution in [2.45, 2.75) is 56.4 Å². The number of nitrogens with one attached hydrogen (secondary N) is 1. The average Bonchev–Trinajstić information content (AvgIpc) is 2.88. The molecule has 1 saturated heterocycles. The van der Waals surface area contributed by atoms with E-state index in [2.05, 4.69) is 5.32 Å². The minimum Gasteiger partial charge on any atom is -0.497 e. The molecule has 1 heterocycles. The first-order valence-corrected chi connectivity index (χ1v) is 14.0. The second-order valence-corrected chi connectivity index (χ2v) is 11.0. The van der Waals surface area contributed by atoms with Crippen molar-refractivity contribution >= 4 is 15.8 Å². The third-order valence-electron chi connectivity index (χ3n) is 6.33. The standard InChI is InChI=1S/C27H37NO6S/c1-3-33-27(29)22(16-19-35(30,31)26-13-11-24(32-2)12-14-26)20-21-7-9-25(10-8-21)34-18-15-23-6-4-5-17-28-23/h7-14,22-23,28H,3-6,15-20H2,1-2H3. The summed E-state index contributed by atoms with van der Waals surface area (Å²) in [6, 6.07) is 14.5. The van der Waals surface area contributed by atoms with Crippen LogP contribution in [-0.4, -0.2) is 53.1 Å². The van der Waals surface area contributed by atoms with Gasteiger partial charge < -0.3 is 19.5 Å². The van der Waals surface area contributed by atoms with Crippen LogP contribution in [0.5, 0.6) is 11.5 Å². The highest BCUT2D eigenvalue weighted by molar-refractivity contribution is 7.91. The van der Waals surface area contributed by atoms with Gasteiger partial charge in [-0.1, -0.05) is 18.6 Å². The number of piperidine rings is 1. The normalized spacial score (nSPS) is 16.9. The number of benzene rings is 2. The van der Waals surface area contributed by atoms with E-state index in [1.54, 1.807) is 19.1 Å². The Labute approximate surface area is 209 Å². The third kappa shape index (κ3) is 8.54. The van der Waals surface area contributed by atoms with Crippen molar-refractivity contribution in [2.75, 3.05) is 32.6 Å². The summed E-state index contributed by atoms with van der Waals surface area (Å²) in [4.78, 5) is 12.8. The van der Waals surface area contributed by atoms with Crippen LogP contribution in [0.25, 0.3) is 0 Å². The first kappa shape index (κ1) is 27.0. The van der Waals surface area contributed by atoms with Crippen molar-refractivity contribution in [2.24, 2.45) is 5.92 Å². The highest BCUT2D eigenvalue weighted by Crippen LogP contribution is 2.22. The molecule has 1 aliphatic rings. The fourth-order valence-electron chi connectivity index (χ4n) is 4.26. The molecule has 7 nitrogen and oxygen atoms in total. The Bertz CT molecular complexity index is 1010. The van der Waals surface area contributed by atoms with Crippen LogP contribution in [0.1, 0.15) is 44.6 Å². The van der Waals surface area contributed by atoms with Gasteiger partial charge in [0.1, 0.15) is 11.5 Å². The van der Waals surface area contributed by atoms with Crippen LogP contribution in [0.3, 0.4) is 0 Å². The molecule has 0 saturated carbocycles. The zero-order valence-electron chi connectivity index (χ0n) is 20.7. The summed E-state index contributed by atoms with van der Waals surface area (Å²) in [5.74, 6) is 0.315. The maximum Gasteiger partial charge on any atom is 0.309 e. The number of ether oxygens (including phenoxy) is 3. The van der Waals surface area contributed by atoms with Gasteiger partial charge in [0.05, 0.1) is 36.9 Å². The summed E-state index contributed by atoms with van der Waals surface area (Å²) in [5, 5.41) is 3.52. The van der Waals surface area contributed by atoms with E-state index in [0.717, 1.165) is 24.3 Å². The number of hydrogen-bond acceptors (Lipinski definition) is 7. The Morgan fingerprint density at radius 3 is 2.40 bits per heavy atom. The molecule has 8 heteroatoms. The zero-order chi connectivity index (χ0) is 25.1. The van der Waals surface area contributed by atoms with Gasteiger partial charge >= 0.3 is 5.97 Å². The molecule has 0 bridgehead atoms. The van der Waals surface area contributed by atoms with E-state index in [1.165, 1.54) is 38.5 Å². The average molecular weight is 504 g/mol. The van der Waals surface area contributed by atoms with Gasteiger partial charge in [-0.05, 0) is 87.5 Å². The SMILES string of the molecule is CCOC(=O)C(CCS(=O)(=O)c1ccc(OC)cc1)Cc1ccc(OCCC2CCCCN2)cc1. The predicted octanol–water partition coefficient (Wildman–Crippen LogP) is 4.19. The Hall–Kier alpha value is -2.58. The summed E-state index contributed by atoms with van der Waals surface area (Å²) in [5.41, 5.74) is 0.936. The lowest BCUT2D eigenvalue weighted by Gasteiger charge is -2.23. The molecule has 2 unspecified atom stereocenters. The lowest BCUT2D eigenvalue weighted by Crippen LogP contribution is -2.35. The van der Waals surface area contributed by atoms with Crippen molar-refractivity contribution in [1.29, 1.82) is 0 Å². The first-order valence-electron chi connectivity index (χ1n) is 12.4. The van der Waals surface area contributed by atoms with Gasteiger partial charge in [0, 0.05) is 6.04 Å². The van der Waals surface area contributed by atoms with Crippen LogP contribution in [0, 0.1) is 5.92 Å².